The summed E-state index contributed by atoms with van der Waals surface area (Å²) in [7, 11) is 1.60. The van der Waals surface area contributed by atoms with Gasteiger partial charge in [-0.1, -0.05) is 30.3 Å². The summed E-state index contributed by atoms with van der Waals surface area (Å²) in [4.78, 5) is 2.05. The number of halogens is 1. The summed E-state index contributed by atoms with van der Waals surface area (Å²) in [5.74, 6) is 0.352. The summed E-state index contributed by atoms with van der Waals surface area (Å²) in [5, 5.41) is 21.6. The Labute approximate surface area is 147 Å². The number of ether oxygens (including phenoxy) is 1. The highest BCUT2D eigenvalue weighted by molar-refractivity contribution is 5.38. The maximum atomic E-state index is 13.0. The van der Waals surface area contributed by atoms with Crippen LogP contribution in [0.25, 0.3) is 0 Å². The zero-order chi connectivity index (χ0) is 17.9. The molecule has 2 aromatic rings. The van der Waals surface area contributed by atoms with Crippen molar-refractivity contribution in [2.75, 3.05) is 26.7 Å². The standard InChI is InChI=1S/C20H24FNO3/c1-25-19-6-3-2-5-17(19)20(24)11-4-12-22(14-20)13-18(23)15-7-9-16(21)10-8-15/h2-3,5-10,18,23-24H,4,11-14H2,1H3/t18-,20-/m1/s1. The summed E-state index contributed by atoms with van der Waals surface area (Å²) in [6.07, 6.45) is 0.752. The van der Waals surface area contributed by atoms with Crippen molar-refractivity contribution in [2.24, 2.45) is 0 Å². The molecule has 1 saturated heterocycles. The highest BCUT2D eigenvalue weighted by Gasteiger charge is 2.37. The van der Waals surface area contributed by atoms with Gasteiger partial charge >= 0.3 is 0 Å². The molecule has 0 radical (unpaired) electrons. The highest BCUT2D eigenvalue weighted by Crippen LogP contribution is 2.37. The second kappa shape index (κ2) is 7.52. The van der Waals surface area contributed by atoms with Crippen LogP contribution >= 0.6 is 0 Å². The Balaban J connectivity index is 1.73. The summed E-state index contributed by atoms with van der Waals surface area (Å²) in [6.45, 7) is 1.62. The SMILES string of the molecule is COc1ccccc1[C@@]1(O)CCCN(C[C@@H](O)c2ccc(F)cc2)C1. The van der Waals surface area contributed by atoms with Crippen molar-refractivity contribution < 1.29 is 19.3 Å². The first kappa shape index (κ1) is 17.9. The van der Waals surface area contributed by atoms with Crippen molar-refractivity contribution in [1.82, 2.24) is 4.90 Å². The Morgan fingerprint density at radius 1 is 1.20 bits per heavy atom. The first-order valence-electron chi connectivity index (χ1n) is 8.53. The predicted octanol–water partition coefficient (Wildman–Crippen LogP) is 2.85. The van der Waals surface area contributed by atoms with Gasteiger partial charge in [-0.3, -0.25) is 4.90 Å². The quantitative estimate of drug-likeness (QED) is 0.875. The fourth-order valence-corrected chi connectivity index (χ4v) is 3.56. The predicted molar refractivity (Wildman–Crippen MR) is 93.9 cm³/mol. The largest absolute Gasteiger partial charge is 0.496 e. The minimum atomic E-state index is -1.01. The van der Waals surface area contributed by atoms with E-state index in [9.17, 15) is 14.6 Å². The van der Waals surface area contributed by atoms with Crippen molar-refractivity contribution in [1.29, 1.82) is 0 Å². The van der Waals surface area contributed by atoms with Crippen LogP contribution in [0, 0.1) is 5.82 Å². The van der Waals surface area contributed by atoms with E-state index >= 15 is 0 Å². The van der Waals surface area contributed by atoms with Gasteiger partial charge in [0.2, 0.25) is 0 Å². The molecule has 0 bridgehead atoms. The number of β-amino-alcohol motifs (C(OH)–C–C–N with tert-alkyl or cyclic N) is 2. The summed E-state index contributed by atoms with van der Waals surface area (Å²) >= 11 is 0. The van der Waals surface area contributed by atoms with Crippen LogP contribution in [0.15, 0.2) is 48.5 Å². The number of hydrogen-bond acceptors (Lipinski definition) is 4. The molecule has 25 heavy (non-hydrogen) atoms. The zero-order valence-electron chi connectivity index (χ0n) is 14.4. The number of likely N-dealkylation sites (tertiary alicyclic amines) is 1. The summed E-state index contributed by atoms with van der Waals surface area (Å²) in [6, 6.07) is 13.4. The van der Waals surface area contributed by atoms with Crippen LogP contribution in [0.4, 0.5) is 4.39 Å². The molecule has 0 aliphatic carbocycles. The molecule has 0 spiro atoms. The van der Waals surface area contributed by atoms with Crippen LogP contribution in [0.5, 0.6) is 5.75 Å². The van der Waals surface area contributed by atoms with Gasteiger partial charge < -0.3 is 14.9 Å². The average Bonchev–Trinajstić information content (AvgIpc) is 2.62. The average molecular weight is 345 g/mol. The van der Waals surface area contributed by atoms with E-state index in [1.807, 2.05) is 29.2 Å². The number of piperidine rings is 1. The van der Waals surface area contributed by atoms with Crippen molar-refractivity contribution >= 4 is 0 Å². The summed E-state index contributed by atoms with van der Waals surface area (Å²) in [5.41, 5.74) is 0.444. The van der Waals surface area contributed by atoms with Gasteiger partial charge in [0, 0.05) is 18.7 Å². The van der Waals surface area contributed by atoms with Gasteiger partial charge in [0.15, 0.2) is 0 Å². The molecular formula is C20H24FNO3. The van der Waals surface area contributed by atoms with E-state index in [4.69, 9.17) is 4.74 Å². The van der Waals surface area contributed by atoms with Gasteiger partial charge in [-0.05, 0) is 43.1 Å². The lowest BCUT2D eigenvalue weighted by molar-refractivity contribution is -0.0474. The topological polar surface area (TPSA) is 52.9 Å². The van der Waals surface area contributed by atoms with Crippen molar-refractivity contribution in [3.8, 4) is 5.75 Å². The lowest BCUT2D eigenvalue weighted by atomic mass is 9.85. The molecule has 2 atom stereocenters. The maximum Gasteiger partial charge on any atom is 0.124 e. The second-order valence-corrected chi connectivity index (χ2v) is 6.64. The van der Waals surface area contributed by atoms with Gasteiger partial charge in [-0.15, -0.1) is 0 Å². The molecule has 1 aliphatic heterocycles. The van der Waals surface area contributed by atoms with E-state index < -0.39 is 11.7 Å². The number of hydrogen-bond donors (Lipinski definition) is 2. The number of benzene rings is 2. The molecule has 2 N–H and O–H groups in total. The van der Waals surface area contributed by atoms with E-state index in [-0.39, 0.29) is 5.82 Å². The molecule has 1 heterocycles. The third-order valence-corrected chi connectivity index (χ3v) is 4.84. The van der Waals surface area contributed by atoms with Gasteiger partial charge in [-0.25, -0.2) is 4.39 Å². The molecule has 0 amide bonds. The normalized spacial score (nSPS) is 22.6. The molecule has 0 aromatic heterocycles. The maximum absolute atomic E-state index is 13.0. The third kappa shape index (κ3) is 4.00. The lowest BCUT2D eigenvalue weighted by Gasteiger charge is -2.40. The molecule has 1 aliphatic rings. The van der Waals surface area contributed by atoms with Gasteiger partial charge in [-0.2, -0.15) is 0 Å². The summed E-state index contributed by atoms with van der Waals surface area (Å²) < 4.78 is 18.4. The van der Waals surface area contributed by atoms with Crippen LogP contribution in [0.3, 0.4) is 0 Å². The number of nitrogens with zero attached hydrogens (tertiary/aromatic N) is 1. The van der Waals surface area contributed by atoms with Crippen LogP contribution in [0.1, 0.15) is 30.1 Å². The molecule has 0 saturated carbocycles. The highest BCUT2D eigenvalue weighted by atomic mass is 19.1. The second-order valence-electron chi connectivity index (χ2n) is 6.64. The number of para-hydroxylation sites is 1. The third-order valence-electron chi connectivity index (χ3n) is 4.84. The first-order valence-corrected chi connectivity index (χ1v) is 8.53. The van der Waals surface area contributed by atoms with Crippen molar-refractivity contribution in [2.45, 2.75) is 24.5 Å². The van der Waals surface area contributed by atoms with E-state index in [0.717, 1.165) is 18.5 Å². The fourth-order valence-electron chi connectivity index (χ4n) is 3.56. The Morgan fingerprint density at radius 2 is 1.92 bits per heavy atom. The Hall–Kier alpha value is -1.95. The molecule has 2 aromatic carbocycles. The fraction of sp³-hybridized carbons (Fsp3) is 0.400. The number of aliphatic hydroxyl groups excluding tert-OH is 1. The molecule has 5 heteroatoms. The Kier molecular flexibility index (Phi) is 5.37. The van der Waals surface area contributed by atoms with E-state index in [2.05, 4.69) is 0 Å². The minimum Gasteiger partial charge on any atom is -0.496 e. The molecule has 4 nitrogen and oxygen atoms in total. The number of aliphatic hydroxyl groups is 2. The van der Waals surface area contributed by atoms with E-state index in [1.165, 1.54) is 12.1 Å². The van der Waals surface area contributed by atoms with Gasteiger partial charge in [0.05, 0.1) is 13.2 Å². The van der Waals surface area contributed by atoms with E-state index in [1.54, 1.807) is 19.2 Å². The van der Waals surface area contributed by atoms with Gasteiger partial charge in [0.25, 0.3) is 0 Å². The van der Waals surface area contributed by atoms with Crippen molar-refractivity contribution in [3.05, 3.63) is 65.5 Å². The monoisotopic (exact) mass is 345 g/mol. The Morgan fingerprint density at radius 3 is 2.64 bits per heavy atom. The molecule has 134 valence electrons. The zero-order valence-corrected chi connectivity index (χ0v) is 14.4. The number of methoxy groups -OCH3 is 1. The van der Waals surface area contributed by atoms with Gasteiger partial charge in [0.1, 0.15) is 17.2 Å². The van der Waals surface area contributed by atoms with Crippen LogP contribution < -0.4 is 4.74 Å². The molecule has 3 rings (SSSR count). The first-order chi connectivity index (χ1) is 12.0. The molecule has 1 fully saturated rings. The minimum absolute atomic E-state index is 0.320. The van der Waals surface area contributed by atoms with Crippen LogP contribution in [-0.2, 0) is 5.60 Å². The smallest absolute Gasteiger partial charge is 0.124 e. The molecule has 0 unspecified atom stereocenters. The van der Waals surface area contributed by atoms with Crippen molar-refractivity contribution in [3.63, 3.8) is 0 Å². The lowest BCUT2D eigenvalue weighted by Crippen LogP contribution is -2.47. The Bertz CT molecular complexity index is 706. The van der Waals surface area contributed by atoms with E-state index in [0.29, 0.717) is 30.8 Å². The van der Waals surface area contributed by atoms with Crippen LogP contribution in [-0.4, -0.2) is 41.9 Å². The molecular weight excluding hydrogens is 321 g/mol. The number of rotatable bonds is 5. The van der Waals surface area contributed by atoms with Crippen LogP contribution in [0.2, 0.25) is 0 Å².